The zero-order valence-electron chi connectivity index (χ0n) is 14.2. The maximum atomic E-state index is 12.5. The molecule has 0 radical (unpaired) electrons. The molecule has 3 aromatic rings. The molecule has 0 saturated heterocycles. The van der Waals surface area contributed by atoms with Gasteiger partial charge in [-0.05, 0) is 42.0 Å². The van der Waals surface area contributed by atoms with Crippen LogP contribution in [0.25, 0.3) is 0 Å². The number of nitrogens with one attached hydrogen (secondary N) is 1. The minimum Gasteiger partial charge on any atom is -0.488 e. The van der Waals surface area contributed by atoms with Gasteiger partial charge in [0.25, 0.3) is 5.91 Å². The molecule has 3 rings (SSSR count). The Balaban J connectivity index is 1.59. The van der Waals surface area contributed by atoms with Crippen molar-refractivity contribution in [3.05, 3.63) is 94.2 Å². The standard InChI is InChI=1S/C21H19BrN2O2/c22-17-7-5-6-16(14-17)15-26-20-10-2-1-9-19(20)21(25)24-13-11-18-8-3-4-12-23-18/h1-10,12,14H,11,13,15H2,(H,24,25). The first-order chi connectivity index (χ1) is 12.7. The molecule has 0 atom stereocenters. The number of amides is 1. The Morgan fingerprint density at radius 3 is 2.69 bits per heavy atom. The minimum absolute atomic E-state index is 0.147. The number of hydrogen-bond acceptors (Lipinski definition) is 3. The molecule has 0 aliphatic rings. The van der Waals surface area contributed by atoms with Crippen LogP contribution in [0.2, 0.25) is 0 Å². The van der Waals surface area contributed by atoms with Crippen LogP contribution < -0.4 is 10.1 Å². The summed E-state index contributed by atoms with van der Waals surface area (Å²) in [4.78, 5) is 16.8. The van der Waals surface area contributed by atoms with Crippen LogP contribution in [0.15, 0.2) is 77.4 Å². The van der Waals surface area contributed by atoms with Crippen molar-refractivity contribution in [3.63, 3.8) is 0 Å². The van der Waals surface area contributed by atoms with E-state index in [-0.39, 0.29) is 5.91 Å². The van der Waals surface area contributed by atoms with Gasteiger partial charge in [0.15, 0.2) is 0 Å². The molecule has 0 fully saturated rings. The summed E-state index contributed by atoms with van der Waals surface area (Å²) in [5, 5.41) is 2.93. The number of pyridine rings is 1. The number of aromatic nitrogens is 1. The number of halogens is 1. The number of nitrogens with zero attached hydrogens (tertiary/aromatic N) is 1. The van der Waals surface area contributed by atoms with Gasteiger partial charge in [0, 0.05) is 29.3 Å². The maximum absolute atomic E-state index is 12.5. The average molecular weight is 411 g/mol. The maximum Gasteiger partial charge on any atom is 0.255 e. The molecule has 2 aromatic carbocycles. The van der Waals surface area contributed by atoms with Crippen molar-refractivity contribution in [1.29, 1.82) is 0 Å². The van der Waals surface area contributed by atoms with Crippen LogP contribution in [0, 0.1) is 0 Å². The molecule has 132 valence electrons. The molecule has 0 aliphatic heterocycles. The normalized spacial score (nSPS) is 10.3. The molecule has 0 aliphatic carbocycles. The van der Waals surface area contributed by atoms with Crippen molar-refractivity contribution in [2.75, 3.05) is 6.54 Å². The van der Waals surface area contributed by atoms with E-state index in [4.69, 9.17) is 4.74 Å². The van der Waals surface area contributed by atoms with E-state index in [0.717, 1.165) is 15.7 Å². The molecule has 0 bridgehead atoms. The Morgan fingerprint density at radius 1 is 1.04 bits per heavy atom. The van der Waals surface area contributed by atoms with E-state index in [9.17, 15) is 4.79 Å². The predicted molar refractivity (Wildman–Crippen MR) is 105 cm³/mol. The van der Waals surface area contributed by atoms with Crippen molar-refractivity contribution >= 4 is 21.8 Å². The average Bonchev–Trinajstić information content (AvgIpc) is 2.67. The van der Waals surface area contributed by atoms with E-state index in [1.807, 2.05) is 60.7 Å². The predicted octanol–water partition coefficient (Wildman–Crippen LogP) is 4.40. The van der Waals surface area contributed by atoms with Crippen molar-refractivity contribution in [2.45, 2.75) is 13.0 Å². The number of hydrogen-bond donors (Lipinski definition) is 1. The topological polar surface area (TPSA) is 51.2 Å². The highest BCUT2D eigenvalue weighted by Gasteiger charge is 2.12. The first kappa shape index (κ1) is 18.1. The lowest BCUT2D eigenvalue weighted by Crippen LogP contribution is -2.26. The highest BCUT2D eigenvalue weighted by Crippen LogP contribution is 2.20. The van der Waals surface area contributed by atoms with Gasteiger partial charge in [-0.25, -0.2) is 0 Å². The van der Waals surface area contributed by atoms with Crippen LogP contribution in [-0.4, -0.2) is 17.4 Å². The Morgan fingerprint density at radius 2 is 1.88 bits per heavy atom. The zero-order valence-corrected chi connectivity index (χ0v) is 15.8. The van der Waals surface area contributed by atoms with Gasteiger partial charge in [0.05, 0.1) is 5.56 Å². The second-order valence-corrected chi connectivity index (χ2v) is 6.66. The van der Waals surface area contributed by atoms with Gasteiger partial charge in [-0.2, -0.15) is 0 Å². The van der Waals surface area contributed by atoms with Crippen molar-refractivity contribution in [2.24, 2.45) is 0 Å². The summed E-state index contributed by atoms with van der Waals surface area (Å²) in [7, 11) is 0. The number of benzene rings is 2. The lowest BCUT2D eigenvalue weighted by atomic mass is 10.1. The first-order valence-electron chi connectivity index (χ1n) is 8.37. The summed E-state index contributed by atoms with van der Waals surface area (Å²) in [5.74, 6) is 0.425. The van der Waals surface area contributed by atoms with Gasteiger partial charge in [-0.1, -0.05) is 46.3 Å². The summed E-state index contributed by atoms with van der Waals surface area (Å²) < 4.78 is 6.87. The van der Waals surface area contributed by atoms with Crippen molar-refractivity contribution in [3.8, 4) is 5.75 Å². The lowest BCUT2D eigenvalue weighted by molar-refractivity contribution is 0.0949. The van der Waals surface area contributed by atoms with Crippen molar-refractivity contribution < 1.29 is 9.53 Å². The van der Waals surface area contributed by atoms with Gasteiger partial charge >= 0.3 is 0 Å². The van der Waals surface area contributed by atoms with E-state index in [2.05, 4.69) is 26.2 Å². The molecule has 26 heavy (non-hydrogen) atoms. The lowest BCUT2D eigenvalue weighted by Gasteiger charge is -2.12. The molecular weight excluding hydrogens is 392 g/mol. The Labute approximate surface area is 161 Å². The number of rotatable bonds is 7. The third-order valence-electron chi connectivity index (χ3n) is 3.81. The molecule has 1 aromatic heterocycles. The van der Waals surface area contributed by atoms with Crippen LogP contribution in [-0.2, 0) is 13.0 Å². The number of carbonyl (C=O) groups is 1. The van der Waals surface area contributed by atoms with Crippen LogP contribution in [0.4, 0.5) is 0 Å². The number of carbonyl (C=O) groups excluding carboxylic acids is 1. The molecule has 1 N–H and O–H groups in total. The first-order valence-corrected chi connectivity index (χ1v) is 9.16. The highest BCUT2D eigenvalue weighted by atomic mass is 79.9. The van der Waals surface area contributed by atoms with Crippen LogP contribution in [0.5, 0.6) is 5.75 Å². The van der Waals surface area contributed by atoms with Crippen LogP contribution in [0.1, 0.15) is 21.6 Å². The Bertz CT molecular complexity index is 869. The van der Waals surface area contributed by atoms with Gasteiger partial charge in [0.2, 0.25) is 0 Å². The smallest absolute Gasteiger partial charge is 0.255 e. The Hall–Kier alpha value is -2.66. The van der Waals surface area contributed by atoms with E-state index in [1.54, 1.807) is 12.3 Å². The molecule has 0 unspecified atom stereocenters. The van der Waals surface area contributed by atoms with Gasteiger partial charge in [-0.3, -0.25) is 9.78 Å². The SMILES string of the molecule is O=C(NCCc1ccccn1)c1ccccc1OCc1cccc(Br)c1. The monoisotopic (exact) mass is 410 g/mol. The fraction of sp³-hybridized carbons (Fsp3) is 0.143. The van der Waals surface area contributed by atoms with Crippen LogP contribution in [0.3, 0.4) is 0 Å². The van der Waals surface area contributed by atoms with Crippen LogP contribution >= 0.6 is 15.9 Å². The van der Waals surface area contributed by atoms with Gasteiger partial charge in [0.1, 0.15) is 12.4 Å². The summed E-state index contributed by atoms with van der Waals surface area (Å²) in [6.45, 7) is 0.924. The van der Waals surface area contributed by atoms with Gasteiger partial charge in [-0.15, -0.1) is 0 Å². The molecule has 1 amide bonds. The molecule has 1 heterocycles. The fourth-order valence-corrected chi connectivity index (χ4v) is 2.96. The van der Waals surface area contributed by atoms with E-state index in [0.29, 0.717) is 30.9 Å². The summed E-state index contributed by atoms with van der Waals surface area (Å²) in [6, 6.07) is 20.9. The molecular formula is C21H19BrN2O2. The second kappa shape index (κ2) is 9.15. The zero-order chi connectivity index (χ0) is 18.2. The quantitative estimate of drug-likeness (QED) is 0.627. The molecule has 4 nitrogen and oxygen atoms in total. The third kappa shape index (κ3) is 5.17. The summed E-state index contributed by atoms with van der Waals surface area (Å²) >= 11 is 3.45. The fourth-order valence-electron chi connectivity index (χ4n) is 2.51. The Kier molecular flexibility index (Phi) is 6.39. The third-order valence-corrected chi connectivity index (χ3v) is 4.30. The molecule has 5 heteroatoms. The highest BCUT2D eigenvalue weighted by molar-refractivity contribution is 9.10. The minimum atomic E-state index is -0.147. The van der Waals surface area contributed by atoms with Gasteiger partial charge < -0.3 is 10.1 Å². The number of para-hydroxylation sites is 1. The summed E-state index contributed by atoms with van der Waals surface area (Å²) in [5.41, 5.74) is 2.51. The number of ether oxygens (including phenoxy) is 1. The van der Waals surface area contributed by atoms with Crippen molar-refractivity contribution in [1.82, 2.24) is 10.3 Å². The van der Waals surface area contributed by atoms with E-state index in [1.165, 1.54) is 0 Å². The van der Waals surface area contributed by atoms with E-state index >= 15 is 0 Å². The second-order valence-electron chi connectivity index (χ2n) is 5.74. The largest absolute Gasteiger partial charge is 0.488 e. The van der Waals surface area contributed by atoms with E-state index < -0.39 is 0 Å². The summed E-state index contributed by atoms with van der Waals surface area (Å²) in [6.07, 6.45) is 2.44. The molecule has 0 spiro atoms. The molecule has 0 saturated carbocycles.